The first-order chi connectivity index (χ1) is 8.30. The second-order valence-electron chi connectivity index (χ2n) is 3.41. The molecular formula is C11H20N4O2. The maximum atomic E-state index is 5.06. The Morgan fingerprint density at radius 1 is 1.12 bits per heavy atom. The average molecular weight is 240 g/mol. The summed E-state index contributed by atoms with van der Waals surface area (Å²) in [5.74, 6) is 1.51. The molecule has 0 amide bonds. The topological polar surface area (TPSA) is 68.3 Å². The first-order valence-corrected chi connectivity index (χ1v) is 5.71. The van der Waals surface area contributed by atoms with Crippen molar-refractivity contribution >= 4 is 5.95 Å². The Kier molecular flexibility index (Phi) is 6.09. The predicted molar refractivity (Wildman–Crippen MR) is 66.8 cm³/mol. The first kappa shape index (κ1) is 13.5. The quantitative estimate of drug-likeness (QED) is 0.658. The number of ether oxygens (including phenoxy) is 2. The van der Waals surface area contributed by atoms with Crippen LogP contribution in [0.1, 0.15) is 13.3 Å². The van der Waals surface area contributed by atoms with E-state index >= 15 is 0 Å². The van der Waals surface area contributed by atoms with Crippen LogP contribution in [0.2, 0.25) is 0 Å². The van der Waals surface area contributed by atoms with Gasteiger partial charge in [0, 0.05) is 6.54 Å². The van der Waals surface area contributed by atoms with Crippen LogP contribution in [-0.2, 0) is 0 Å². The molecule has 0 saturated heterocycles. The van der Waals surface area contributed by atoms with E-state index in [-0.39, 0.29) is 0 Å². The molecule has 0 atom stereocenters. The van der Waals surface area contributed by atoms with Gasteiger partial charge in [0.15, 0.2) is 0 Å². The number of anilines is 1. The predicted octanol–water partition coefficient (Wildman–Crippen LogP) is 0.905. The van der Waals surface area contributed by atoms with Crippen LogP contribution >= 0.6 is 0 Å². The summed E-state index contributed by atoms with van der Waals surface area (Å²) in [7, 11) is 3.13. The number of hydrogen-bond acceptors (Lipinski definition) is 6. The summed E-state index contributed by atoms with van der Waals surface area (Å²) in [6.45, 7) is 4.86. The van der Waals surface area contributed by atoms with Crippen molar-refractivity contribution in [3.8, 4) is 11.8 Å². The molecule has 0 unspecified atom stereocenters. The van der Waals surface area contributed by atoms with E-state index in [1.807, 2.05) is 0 Å². The molecule has 0 spiro atoms. The van der Waals surface area contributed by atoms with Crippen molar-refractivity contribution in [2.75, 3.05) is 39.2 Å². The highest BCUT2D eigenvalue weighted by Gasteiger charge is 2.04. The van der Waals surface area contributed by atoms with Crippen LogP contribution in [0.15, 0.2) is 6.07 Å². The highest BCUT2D eigenvalue weighted by Crippen LogP contribution is 2.16. The van der Waals surface area contributed by atoms with Crippen LogP contribution in [0.5, 0.6) is 11.8 Å². The molecule has 96 valence electrons. The molecule has 0 aliphatic carbocycles. The smallest absolute Gasteiger partial charge is 0.229 e. The van der Waals surface area contributed by atoms with E-state index < -0.39 is 0 Å². The third-order valence-electron chi connectivity index (χ3n) is 2.16. The van der Waals surface area contributed by atoms with Crippen LogP contribution in [0, 0.1) is 0 Å². The second-order valence-corrected chi connectivity index (χ2v) is 3.41. The van der Waals surface area contributed by atoms with Crippen molar-refractivity contribution in [1.82, 2.24) is 15.3 Å². The molecule has 1 aromatic rings. The lowest BCUT2D eigenvalue weighted by atomic mass is 10.4. The molecular weight excluding hydrogens is 220 g/mol. The van der Waals surface area contributed by atoms with Crippen molar-refractivity contribution in [2.45, 2.75) is 13.3 Å². The van der Waals surface area contributed by atoms with Crippen molar-refractivity contribution in [3.63, 3.8) is 0 Å². The zero-order valence-corrected chi connectivity index (χ0v) is 10.6. The fraction of sp³-hybridized carbons (Fsp3) is 0.636. The molecule has 0 radical (unpaired) electrons. The summed E-state index contributed by atoms with van der Waals surface area (Å²) >= 11 is 0. The first-order valence-electron chi connectivity index (χ1n) is 5.71. The zero-order chi connectivity index (χ0) is 12.5. The average Bonchev–Trinajstić information content (AvgIpc) is 2.38. The minimum Gasteiger partial charge on any atom is -0.481 e. The van der Waals surface area contributed by atoms with E-state index in [0.717, 1.165) is 26.1 Å². The van der Waals surface area contributed by atoms with Gasteiger partial charge < -0.3 is 20.1 Å². The molecule has 1 heterocycles. The van der Waals surface area contributed by atoms with Gasteiger partial charge in [-0.2, -0.15) is 9.97 Å². The maximum Gasteiger partial charge on any atom is 0.229 e. The van der Waals surface area contributed by atoms with Gasteiger partial charge in [0.2, 0.25) is 17.7 Å². The van der Waals surface area contributed by atoms with Gasteiger partial charge in [-0.05, 0) is 19.5 Å². The van der Waals surface area contributed by atoms with Crippen molar-refractivity contribution in [2.24, 2.45) is 0 Å². The molecule has 17 heavy (non-hydrogen) atoms. The number of nitrogens with one attached hydrogen (secondary N) is 2. The van der Waals surface area contributed by atoms with Gasteiger partial charge >= 0.3 is 0 Å². The molecule has 0 aliphatic rings. The van der Waals surface area contributed by atoms with Crippen LogP contribution in [0.25, 0.3) is 0 Å². The summed E-state index contributed by atoms with van der Waals surface area (Å²) in [6.07, 6.45) is 1.01. The molecule has 0 saturated carbocycles. The summed E-state index contributed by atoms with van der Waals surface area (Å²) < 4.78 is 10.1. The number of aromatic nitrogens is 2. The molecule has 1 rings (SSSR count). The molecule has 0 aliphatic heterocycles. The molecule has 2 N–H and O–H groups in total. The van der Waals surface area contributed by atoms with Gasteiger partial charge in [-0.15, -0.1) is 0 Å². The van der Waals surface area contributed by atoms with Gasteiger partial charge in [0.1, 0.15) is 0 Å². The summed E-state index contributed by atoms with van der Waals surface area (Å²) in [6, 6.07) is 1.64. The summed E-state index contributed by atoms with van der Waals surface area (Å²) in [5.41, 5.74) is 0. The van der Waals surface area contributed by atoms with E-state index in [1.165, 1.54) is 0 Å². The van der Waals surface area contributed by atoms with Crippen LogP contribution < -0.4 is 20.1 Å². The maximum absolute atomic E-state index is 5.06. The van der Waals surface area contributed by atoms with Gasteiger partial charge in [0.05, 0.1) is 20.3 Å². The lowest BCUT2D eigenvalue weighted by Gasteiger charge is -2.08. The Morgan fingerprint density at radius 2 is 1.76 bits per heavy atom. The van der Waals surface area contributed by atoms with Gasteiger partial charge in [-0.25, -0.2) is 0 Å². The fourth-order valence-corrected chi connectivity index (χ4v) is 1.28. The third-order valence-corrected chi connectivity index (χ3v) is 2.16. The SMILES string of the molecule is CCNCCCNc1nc(OC)cc(OC)n1. The Bertz CT molecular complexity index is 311. The second kappa shape index (κ2) is 7.67. The largest absolute Gasteiger partial charge is 0.481 e. The van der Waals surface area contributed by atoms with E-state index in [2.05, 4.69) is 27.5 Å². The summed E-state index contributed by atoms with van der Waals surface area (Å²) in [4.78, 5) is 8.35. The summed E-state index contributed by atoms with van der Waals surface area (Å²) in [5, 5.41) is 6.38. The van der Waals surface area contributed by atoms with E-state index in [9.17, 15) is 0 Å². The molecule has 0 bridgehead atoms. The number of nitrogens with zero attached hydrogens (tertiary/aromatic N) is 2. The number of hydrogen-bond donors (Lipinski definition) is 2. The molecule has 0 fully saturated rings. The van der Waals surface area contributed by atoms with Crippen molar-refractivity contribution in [3.05, 3.63) is 6.07 Å². The Hall–Kier alpha value is -1.56. The van der Waals surface area contributed by atoms with Crippen LogP contribution in [0.4, 0.5) is 5.95 Å². The Balaban J connectivity index is 2.46. The molecule has 6 nitrogen and oxygen atoms in total. The molecule has 0 aromatic carbocycles. The number of methoxy groups -OCH3 is 2. The Morgan fingerprint density at radius 3 is 2.29 bits per heavy atom. The minimum absolute atomic E-state index is 0.492. The highest BCUT2D eigenvalue weighted by atomic mass is 16.5. The Labute approximate surface area is 102 Å². The van der Waals surface area contributed by atoms with Crippen molar-refractivity contribution < 1.29 is 9.47 Å². The fourth-order valence-electron chi connectivity index (χ4n) is 1.28. The van der Waals surface area contributed by atoms with Crippen molar-refractivity contribution in [1.29, 1.82) is 0 Å². The molecule has 6 heteroatoms. The van der Waals surface area contributed by atoms with Crippen LogP contribution in [-0.4, -0.2) is 43.8 Å². The van der Waals surface area contributed by atoms with E-state index in [4.69, 9.17) is 9.47 Å². The normalized spacial score (nSPS) is 10.1. The highest BCUT2D eigenvalue weighted by molar-refractivity contribution is 5.33. The van der Waals surface area contributed by atoms with Crippen LogP contribution in [0.3, 0.4) is 0 Å². The van der Waals surface area contributed by atoms with Gasteiger partial charge in [0.25, 0.3) is 0 Å². The zero-order valence-electron chi connectivity index (χ0n) is 10.6. The van der Waals surface area contributed by atoms with E-state index in [0.29, 0.717) is 17.7 Å². The standard InChI is InChI=1S/C11H20N4O2/c1-4-12-6-5-7-13-11-14-9(16-2)8-10(15-11)17-3/h8,12H,4-7H2,1-3H3,(H,13,14,15). The lowest BCUT2D eigenvalue weighted by molar-refractivity contribution is 0.373. The molecule has 1 aromatic heterocycles. The monoisotopic (exact) mass is 240 g/mol. The van der Waals surface area contributed by atoms with Gasteiger partial charge in [-0.1, -0.05) is 6.92 Å². The van der Waals surface area contributed by atoms with E-state index in [1.54, 1.807) is 20.3 Å². The van der Waals surface area contributed by atoms with Gasteiger partial charge in [-0.3, -0.25) is 0 Å². The lowest BCUT2D eigenvalue weighted by Crippen LogP contribution is -2.17. The number of rotatable bonds is 8. The minimum atomic E-state index is 0.492. The third kappa shape index (κ3) is 4.86.